The van der Waals surface area contributed by atoms with Crippen LogP contribution in [0.25, 0.3) is 0 Å². The molecular weight excluding hydrogens is 168 g/mol. The van der Waals surface area contributed by atoms with Crippen LogP contribution < -0.4 is 11.1 Å². The number of aliphatic hydroxyl groups is 1. The molecule has 0 aromatic rings. The van der Waals surface area contributed by atoms with Crippen molar-refractivity contribution in [3.63, 3.8) is 0 Å². The Balaban J connectivity index is 3.84. The lowest BCUT2D eigenvalue weighted by atomic mass is 9.95. The van der Waals surface area contributed by atoms with Crippen LogP contribution >= 0.6 is 0 Å². The van der Waals surface area contributed by atoms with Crippen LogP contribution in [0.3, 0.4) is 0 Å². The van der Waals surface area contributed by atoms with E-state index in [2.05, 4.69) is 5.32 Å². The van der Waals surface area contributed by atoms with Crippen LogP contribution in [-0.4, -0.2) is 29.7 Å². The summed E-state index contributed by atoms with van der Waals surface area (Å²) in [6, 6.07) is -0.397. The maximum Gasteiger partial charge on any atom is 0.225 e. The molecule has 0 aliphatic heterocycles. The molecule has 0 saturated heterocycles. The Morgan fingerprint density at radius 2 is 2.00 bits per heavy atom. The van der Waals surface area contributed by atoms with Crippen LogP contribution in [0.2, 0.25) is 0 Å². The van der Waals surface area contributed by atoms with Gasteiger partial charge in [0, 0.05) is 18.0 Å². The minimum atomic E-state index is -0.597. The minimum Gasteiger partial charge on any atom is -0.392 e. The molecule has 0 spiro atoms. The molecule has 0 aromatic carbocycles. The molecule has 4 nitrogen and oxygen atoms in total. The number of nitrogens with two attached hydrogens (primary N) is 1. The molecule has 13 heavy (non-hydrogen) atoms. The molecule has 78 valence electrons. The van der Waals surface area contributed by atoms with Crippen LogP contribution in [0.1, 0.15) is 27.7 Å². The van der Waals surface area contributed by atoms with Crippen LogP contribution in [0.5, 0.6) is 0 Å². The molecule has 0 aromatic heterocycles. The normalized spacial score (nSPS) is 16.5. The van der Waals surface area contributed by atoms with E-state index in [-0.39, 0.29) is 5.91 Å². The number of nitrogens with one attached hydrogen (secondary N) is 1. The van der Waals surface area contributed by atoms with E-state index >= 15 is 0 Å². The SMILES string of the molecule is CC(O)C(N)CNC(=O)C(C)(C)C. The number of carbonyl (C=O) groups excluding carboxylic acids is 1. The summed E-state index contributed by atoms with van der Waals surface area (Å²) in [4.78, 5) is 11.3. The van der Waals surface area contributed by atoms with Gasteiger partial charge in [0.15, 0.2) is 0 Å². The first-order chi connectivity index (χ1) is 5.75. The third-order valence-electron chi connectivity index (χ3n) is 1.80. The molecule has 4 heteroatoms. The van der Waals surface area contributed by atoms with E-state index in [0.29, 0.717) is 6.54 Å². The van der Waals surface area contributed by atoms with Crippen LogP contribution in [0.15, 0.2) is 0 Å². The van der Waals surface area contributed by atoms with Crippen molar-refractivity contribution in [3.8, 4) is 0 Å². The van der Waals surface area contributed by atoms with Crippen LogP contribution in [0.4, 0.5) is 0 Å². The van der Waals surface area contributed by atoms with Gasteiger partial charge in [0.25, 0.3) is 0 Å². The summed E-state index contributed by atoms with van der Waals surface area (Å²) in [6.45, 7) is 7.41. The van der Waals surface area contributed by atoms with Gasteiger partial charge >= 0.3 is 0 Å². The van der Waals surface area contributed by atoms with Gasteiger partial charge in [-0.15, -0.1) is 0 Å². The van der Waals surface area contributed by atoms with E-state index in [1.165, 1.54) is 0 Å². The average molecular weight is 188 g/mol. The molecule has 4 N–H and O–H groups in total. The molecule has 0 saturated carbocycles. The maximum atomic E-state index is 11.3. The molecule has 0 radical (unpaired) electrons. The highest BCUT2D eigenvalue weighted by molar-refractivity contribution is 5.81. The molecule has 0 heterocycles. The largest absolute Gasteiger partial charge is 0.392 e. The monoisotopic (exact) mass is 188 g/mol. The fourth-order valence-corrected chi connectivity index (χ4v) is 0.646. The van der Waals surface area contributed by atoms with Gasteiger partial charge in [0.05, 0.1) is 6.10 Å². The van der Waals surface area contributed by atoms with Crippen LogP contribution in [-0.2, 0) is 4.79 Å². The Kier molecular flexibility index (Phi) is 4.36. The highest BCUT2D eigenvalue weighted by atomic mass is 16.3. The number of hydrogen-bond acceptors (Lipinski definition) is 3. The zero-order chi connectivity index (χ0) is 10.6. The molecule has 2 atom stereocenters. The van der Waals surface area contributed by atoms with Crippen molar-refractivity contribution >= 4 is 5.91 Å². The van der Waals surface area contributed by atoms with Crippen molar-refractivity contribution in [3.05, 3.63) is 0 Å². The lowest BCUT2D eigenvalue weighted by Crippen LogP contribution is -2.46. The smallest absolute Gasteiger partial charge is 0.225 e. The first-order valence-corrected chi connectivity index (χ1v) is 4.47. The highest BCUT2D eigenvalue weighted by Crippen LogP contribution is 2.12. The summed E-state index contributed by atoms with van der Waals surface area (Å²) in [5.74, 6) is -0.0522. The van der Waals surface area contributed by atoms with Gasteiger partial charge < -0.3 is 16.2 Å². The molecule has 1 amide bonds. The summed E-state index contributed by atoms with van der Waals surface area (Å²) >= 11 is 0. The Morgan fingerprint density at radius 3 is 2.31 bits per heavy atom. The quantitative estimate of drug-likeness (QED) is 0.577. The van der Waals surface area contributed by atoms with E-state index in [9.17, 15) is 4.79 Å². The Hall–Kier alpha value is -0.610. The van der Waals surface area contributed by atoms with Crippen molar-refractivity contribution < 1.29 is 9.90 Å². The molecule has 0 rings (SSSR count). The van der Waals surface area contributed by atoms with E-state index in [1.54, 1.807) is 6.92 Å². The zero-order valence-electron chi connectivity index (χ0n) is 8.79. The minimum absolute atomic E-state index is 0.0522. The van der Waals surface area contributed by atoms with Gasteiger partial charge in [0.1, 0.15) is 0 Å². The summed E-state index contributed by atoms with van der Waals surface area (Å²) in [7, 11) is 0. The number of carbonyl (C=O) groups is 1. The number of amides is 1. The highest BCUT2D eigenvalue weighted by Gasteiger charge is 2.21. The first kappa shape index (κ1) is 12.4. The molecule has 0 aliphatic carbocycles. The Bertz CT molecular complexity index is 173. The summed E-state index contributed by atoms with van der Waals surface area (Å²) in [6.07, 6.45) is -0.597. The molecule has 0 aliphatic rings. The second kappa shape index (κ2) is 4.58. The number of aliphatic hydroxyl groups excluding tert-OH is 1. The van der Waals surface area contributed by atoms with Gasteiger partial charge in [-0.3, -0.25) is 4.79 Å². The van der Waals surface area contributed by atoms with E-state index < -0.39 is 17.6 Å². The topological polar surface area (TPSA) is 75.3 Å². The van der Waals surface area contributed by atoms with Crippen molar-refractivity contribution in [1.82, 2.24) is 5.32 Å². The van der Waals surface area contributed by atoms with E-state index in [0.717, 1.165) is 0 Å². The zero-order valence-corrected chi connectivity index (χ0v) is 8.79. The van der Waals surface area contributed by atoms with Crippen molar-refractivity contribution in [2.45, 2.75) is 39.8 Å². The Labute approximate surface area is 79.5 Å². The second-order valence-electron chi connectivity index (χ2n) is 4.36. The van der Waals surface area contributed by atoms with Crippen molar-refractivity contribution in [1.29, 1.82) is 0 Å². The van der Waals surface area contributed by atoms with Gasteiger partial charge in [-0.2, -0.15) is 0 Å². The Morgan fingerprint density at radius 1 is 1.54 bits per heavy atom. The molecule has 2 unspecified atom stereocenters. The third-order valence-corrected chi connectivity index (χ3v) is 1.80. The second-order valence-corrected chi connectivity index (χ2v) is 4.36. The van der Waals surface area contributed by atoms with Crippen LogP contribution in [0, 0.1) is 5.41 Å². The first-order valence-electron chi connectivity index (χ1n) is 4.47. The molecule has 0 fully saturated rings. The lowest BCUT2D eigenvalue weighted by molar-refractivity contribution is -0.128. The number of hydrogen-bond donors (Lipinski definition) is 3. The van der Waals surface area contributed by atoms with Crippen molar-refractivity contribution in [2.75, 3.05) is 6.54 Å². The predicted molar refractivity (Wildman–Crippen MR) is 52.1 cm³/mol. The van der Waals surface area contributed by atoms with Gasteiger partial charge in [-0.05, 0) is 6.92 Å². The van der Waals surface area contributed by atoms with E-state index in [4.69, 9.17) is 10.8 Å². The van der Waals surface area contributed by atoms with E-state index in [1.807, 2.05) is 20.8 Å². The fraction of sp³-hybridized carbons (Fsp3) is 0.889. The molecular formula is C9H20N2O2. The standard InChI is InChI=1S/C9H20N2O2/c1-6(12)7(10)5-11-8(13)9(2,3)4/h6-7,12H,5,10H2,1-4H3,(H,11,13). The maximum absolute atomic E-state index is 11.3. The summed E-state index contributed by atoms with van der Waals surface area (Å²) < 4.78 is 0. The average Bonchev–Trinajstić information content (AvgIpc) is 1.97. The fourth-order valence-electron chi connectivity index (χ4n) is 0.646. The number of rotatable bonds is 3. The van der Waals surface area contributed by atoms with Crippen molar-refractivity contribution in [2.24, 2.45) is 11.1 Å². The van der Waals surface area contributed by atoms with Gasteiger partial charge in [-0.1, -0.05) is 20.8 Å². The predicted octanol–water partition coefficient (Wildman–Crippen LogP) is -0.143. The third kappa shape index (κ3) is 4.85. The summed E-state index contributed by atoms with van der Waals surface area (Å²) in [5, 5.41) is 11.7. The summed E-state index contributed by atoms with van der Waals surface area (Å²) in [5.41, 5.74) is 5.14. The lowest BCUT2D eigenvalue weighted by Gasteiger charge is -2.21. The van der Waals surface area contributed by atoms with Gasteiger partial charge in [0.2, 0.25) is 5.91 Å². The van der Waals surface area contributed by atoms with Gasteiger partial charge in [-0.25, -0.2) is 0 Å². The molecule has 0 bridgehead atoms.